The third kappa shape index (κ3) is 3.39. The molecule has 0 spiro atoms. The molecule has 0 aromatic rings. The maximum Gasteiger partial charge on any atom is 0.406 e. The van der Waals surface area contributed by atoms with Crippen molar-refractivity contribution in [3.8, 4) is 0 Å². The van der Waals surface area contributed by atoms with Crippen LogP contribution in [-0.2, 0) is 4.74 Å². The summed E-state index contributed by atoms with van der Waals surface area (Å²) in [6.45, 7) is -0.799. The van der Waals surface area contributed by atoms with Gasteiger partial charge in [0.1, 0.15) is 13.3 Å². The first-order valence-electron chi connectivity index (χ1n) is 2.21. The van der Waals surface area contributed by atoms with Crippen molar-refractivity contribution in [3.63, 3.8) is 0 Å². The molecule has 1 N–H and O–H groups in total. The predicted octanol–water partition coefficient (Wildman–Crippen LogP) is 0.312. The van der Waals surface area contributed by atoms with Crippen molar-refractivity contribution < 1.29 is 13.9 Å². The molecule has 3 nitrogen and oxygen atoms in total. The van der Waals surface area contributed by atoms with E-state index in [1.54, 1.807) is 0 Å². The molecule has 0 saturated carbocycles. The van der Waals surface area contributed by atoms with E-state index in [-0.39, 0.29) is 6.61 Å². The lowest BCUT2D eigenvalue weighted by Crippen LogP contribution is -2.20. The number of halogens is 1. The number of ether oxygens (including phenoxy) is 1. The molecule has 0 aromatic heterocycles. The van der Waals surface area contributed by atoms with Gasteiger partial charge in [0.05, 0.1) is 0 Å². The Morgan fingerprint density at radius 1 is 1.88 bits per heavy atom. The lowest BCUT2D eigenvalue weighted by Gasteiger charge is -1.97. The summed E-state index contributed by atoms with van der Waals surface area (Å²) < 4.78 is 15.4. The van der Waals surface area contributed by atoms with Crippen molar-refractivity contribution in [2.45, 2.75) is 0 Å². The number of hydrogen-bond acceptors (Lipinski definition) is 2. The predicted molar refractivity (Wildman–Crippen MR) is 26.4 cm³/mol. The second kappa shape index (κ2) is 4.36. The van der Waals surface area contributed by atoms with Crippen molar-refractivity contribution in [1.82, 2.24) is 5.32 Å². The summed E-state index contributed by atoms with van der Waals surface area (Å²) >= 11 is 0. The molecule has 0 unspecified atom stereocenters. The number of rotatable bonds is 2. The zero-order valence-electron chi connectivity index (χ0n) is 4.61. The van der Waals surface area contributed by atoms with Crippen LogP contribution in [-0.4, -0.2) is 26.4 Å². The van der Waals surface area contributed by atoms with E-state index < -0.39 is 12.8 Å². The Kier molecular flexibility index (Phi) is 3.93. The van der Waals surface area contributed by atoms with Crippen molar-refractivity contribution >= 4 is 6.09 Å². The summed E-state index contributed by atoms with van der Waals surface area (Å²) in [5, 5.41) is 2.17. The Balaban J connectivity index is 2.99. The van der Waals surface area contributed by atoms with Crippen LogP contribution in [0.25, 0.3) is 0 Å². The highest BCUT2D eigenvalue weighted by Crippen LogP contribution is 1.75. The number of alkyl halides is 1. The Morgan fingerprint density at radius 3 is 2.88 bits per heavy atom. The zero-order valence-corrected chi connectivity index (χ0v) is 4.61. The molecule has 0 aliphatic carbocycles. The third-order valence-corrected chi connectivity index (χ3v) is 0.514. The van der Waals surface area contributed by atoms with E-state index in [4.69, 9.17) is 0 Å². The van der Waals surface area contributed by atoms with Crippen molar-refractivity contribution in [2.24, 2.45) is 0 Å². The quantitative estimate of drug-likeness (QED) is 0.571. The average Bonchev–Trinajstić information content (AvgIpc) is 1.83. The van der Waals surface area contributed by atoms with Crippen LogP contribution in [0.5, 0.6) is 0 Å². The normalized spacial score (nSPS) is 8.25. The van der Waals surface area contributed by atoms with Gasteiger partial charge in [-0.25, -0.2) is 9.18 Å². The minimum atomic E-state index is -0.632. The fourth-order valence-corrected chi connectivity index (χ4v) is 0.203. The Labute approximate surface area is 46.8 Å². The van der Waals surface area contributed by atoms with Gasteiger partial charge in [-0.15, -0.1) is 0 Å². The molecule has 0 atom stereocenters. The highest BCUT2D eigenvalue weighted by Gasteiger charge is 1.93. The molecular formula is C4H8FNO2. The molecule has 0 aliphatic rings. The summed E-state index contributed by atoms with van der Waals surface area (Å²) in [5.41, 5.74) is 0. The van der Waals surface area contributed by atoms with Crippen molar-refractivity contribution in [1.29, 1.82) is 0 Å². The van der Waals surface area contributed by atoms with E-state index in [9.17, 15) is 9.18 Å². The van der Waals surface area contributed by atoms with Gasteiger partial charge in [-0.1, -0.05) is 0 Å². The van der Waals surface area contributed by atoms with Gasteiger partial charge < -0.3 is 10.1 Å². The summed E-state index contributed by atoms with van der Waals surface area (Å²) in [6, 6.07) is 0. The minimum absolute atomic E-state index is 0.167. The molecule has 0 bridgehead atoms. The highest BCUT2D eigenvalue weighted by molar-refractivity contribution is 5.66. The Morgan fingerprint density at radius 2 is 2.50 bits per heavy atom. The molecule has 0 saturated heterocycles. The van der Waals surface area contributed by atoms with Crippen LogP contribution < -0.4 is 5.32 Å². The minimum Gasteiger partial charge on any atom is -0.447 e. The van der Waals surface area contributed by atoms with Gasteiger partial charge in [0.25, 0.3) is 0 Å². The summed E-state index contributed by atoms with van der Waals surface area (Å²) in [4.78, 5) is 10.1. The van der Waals surface area contributed by atoms with Crippen LogP contribution in [0, 0.1) is 0 Å². The molecule has 48 valence electrons. The van der Waals surface area contributed by atoms with Gasteiger partial charge in [0.15, 0.2) is 0 Å². The summed E-state index contributed by atoms with van der Waals surface area (Å²) in [5.74, 6) is 0. The van der Waals surface area contributed by atoms with E-state index in [2.05, 4.69) is 10.1 Å². The molecule has 0 aliphatic heterocycles. The van der Waals surface area contributed by atoms with Crippen LogP contribution in [0.1, 0.15) is 0 Å². The second-order valence-electron chi connectivity index (χ2n) is 1.07. The maximum absolute atomic E-state index is 11.2. The standard InChI is InChI=1S/C4H8FNO2/c1-6-4(7)8-3-2-5/h2-3H2,1H3,(H,6,7). The SMILES string of the molecule is CNC(=O)OCCF. The molecule has 4 heteroatoms. The molecular weight excluding hydrogens is 113 g/mol. The van der Waals surface area contributed by atoms with Gasteiger partial charge in [-0.05, 0) is 0 Å². The van der Waals surface area contributed by atoms with Gasteiger partial charge >= 0.3 is 6.09 Å². The van der Waals surface area contributed by atoms with Crippen LogP contribution in [0.3, 0.4) is 0 Å². The van der Waals surface area contributed by atoms with Crippen molar-refractivity contribution in [3.05, 3.63) is 0 Å². The van der Waals surface area contributed by atoms with Gasteiger partial charge in [0.2, 0.25) is 0 Å². The van der Waals surface area contributed by atoms with Crippen LogP contribution in [0.2, 0.25) is 0 Å². The maximum atomic E-state index is 11.2. The topological polar surface area (TPSA) is 38.3 Å². The molecule has 0 heterocycles. The number of amides is 1. The molecule has 1 amide bonds. The number of carbonyl (C=O) groups is 1. The van der Waals surface area contributed by atoms with Gasteiger partial charge in [0, 0.05) is 7.05 Å². The Bertz CT molecular complexity index is 76.4. The smallest absolute Gasteiger partial charge is 0.406 e. The van der Waals surface area contributed by atoms with E-state index in [1.807, 2.05) is 0 Å². The zero-order chi connectivity index (χ0) is 6.41. The first-order valence-corrected chi connectivity index (χ1v) is 2.21. The van der Waals surface area contributed by atoms with Gasteiger partial charge in [-0.3, -0.25) is 0 Å². The molecule has 0 radical (unpaired) electrons. The fraction of sp³-hybridized carbons (Fsp3) is 0.750. The molecule has 0 aromatic carbocycles. The first kappa shape index (κ1) is 7.20. The van der Waals surface area contributed by atoms with E-state index in [0.717, 1.165) is 0 Å². The number of alkyl carbamates (subject to hydrolysis) is 1. The fourth-order valence-electron chi connectivity index (χ4n) is 0.203. The molecule has 0 fully saturated rings. The van der Waals surface area contributed by atoms with Crippen LogP contribution >= 0.6 is 0 Å². The number of carbonyl (C=O) groups excluding carboxylic acids is 1. The first-order chi connectivity index (χ1) is 3.81. The average molecular weight is 121 g/mol. The Hall–Kier alpha value is -0.800. The van der Waals surface area contributed by atoms with E-state index in [0.29, 0.717) is 0 Å². The van der Waals surface area contributed by atoms with Crippen molar-refractivity contribution in [2.75, 3.05) is 20.3 Å². The highest BCUT2D eigenvalue weighted by atomic mass is 19.1. The number of nitrogens with one attached hydrogen (secondary N) is 1. The van der Waals surface area contributed by atoms with Gasteiger partial charge in [-0.2, -0.15) is 0 Å². The summed E-state index contributed by atoms with van der Waals surface area (Å²) in [7, 11) is 1.42. The lowest BCUT2D eigenvalue weighted by molar-refractivity contribution is 0.140. The second-order valence-corrected chi connectivity index (χ2v) is 1.07. The largest absolute Gasteiger partial charge is 0.447 e. The van der Waals surface area contributed by atoms with Crippen LogP contribution in [0.4, 0.5) is 9.18 Å². The van der Waals surface area contributed by atoms with Crippen LogP contribution in [0.15, 0.2) is 0 Å². The van der Waals surface area contributed by atoms with E-state index >= 15 is 0 Å². The summed E-state index contributed by atoms with van der Waals surface area (Å²) in [6.07, 6.45) is -0.595. The molecule has 8 heavy (non-hydrogen) atoms. The van der Waals surface area contributed by atoms with E-state index in [1.165, 1.54) is 7.05 Å². The lowest BCUT2D eigenvalue weighted by atomic mass is 10.8. The molecule has 0 rings (SSSR count). The number of hydrogen-bond donors (Lipinski definition) is 1. The monoisotopic (exact) mass is 121 g/mol. The third-order valence-electron chi connectivity index (χ3n) is 0.514.